The van der Waals surface area contributed by atoms with Gasteiger partial charge in [0.2, 0.25) is 5.91 Å². The molecule has 1 saturated heterocycles. The predicted octanol–water partition coefficient (Wildman–Crippen LogP) is -0.0323. The third-order valence-corrected chi connectivity index (χ3v) is 2.90. The second-order valence-electron chi connectivity index (χ2n) is 4.03. The highest BCUT2D eigenvalue weighted by molar-refractivity contribution is 5.76. The number of amides is 1. The first-order valence-electron chi connectivity index (χ1n) is 5.25. The zero-order valence-electron chi connectivity index (χ0n) is 8.99. The van der Waals surface area contributed by atoms with Gasteiger partial charge in [-0.1, -0.05) is 0 Å². The quantitative estimate of drug-likeness (QED) is 0.670. The number of likely N-dealkylation sites (N-methyl/N-ethyl adjacent to an activating group) is 1. The maximum Gasteiger partial charge on any atom is 0.224 e. The largest absolute Gasteiger partial charge is 0.394 e. The standard InChI is InChI=1S/C10H20N2O2/c1-8(7-13)12(2)10(14)6-9-4-3-5-11-9/h8-9,11,13H,3-7H2,1-2H3. The summed E-state index contributed by atoms with van der Waals surface area (Å²) in [5, 5.41) is 12.2. The molecule has 1 rings (SSSR count). The lowest BCUT2D eigenvalue weighted by molar-refractivity contribution is -0.132. The van der Waals surface area contributed by atoms with Crippen LogP contribution >= 0.6 is 0 Å². The van der Waals surface area contributed by atoms with Crippen LogP contribution in [-0.2, 0) is 4.79 Å². The Hall–Kier alpha value is -0.610. The molecule has 2 atom stereocenters. The third-order valence-electron chi connectivity index (χ3n) is 2.90. The van der Waals surface area contributed by atoms with Gasteiger partial charge in [-0.05, 0) is 26.3 Å². The van der Waals surface area contributed by atoms with Crippen molar-refractivity contribution >= 4 is 5.91 Å². The van der Waals surface area contributed by atoms with E-state index in [1.165, 1.54) is 0 Å². The fraction of sp³-hybridized carbons (Fsp3) is 0.900. The van der Waals surface area contributed by atoms with Gasteiger partial charge in [-0.3, -0.25) is 4.79 Å². The van der Waals surface area contributed by atoms with E-state index < -0.39 is 0 Å². The van der Waals surface area contributed by atoms with E-state index in [9.17, 15) is 4.79 Å². The van der Waals surface area contributed by atoms with Crippen molar-refractivity contribution in [2.75, 3.05) is 20.2 Å². The second kappa shape index (κ2) is 5.32. The molecule has 2 N–H and O–H groups in total. The number of nitrogens with one attached hydrogen (secondary N) is 1. The molecule has 1 aliphatic heterocycles. The molecular formula is C10H20N2O2. The Morgan fingerprint density at radius 1 is 1.71 bits per heavy atom. The lowest BCUT2D eigenvalue weighted by Crippen LogP contribution is -2.40. The molecular weight excluding hydrogens is 180 g/mol. The first kappa shape index (κ1) is 11.5. The van der Waals surface area contributed by atoms with Crippen LogP contribution in [0.3, 0.4) is 0 Å². The van der Waals surface area contributed by atoms with Crippen LogP contribution < -0.4 is 5.32 Å². The van der Waals surface area contributed by atoms with E-state index in [1.54, 1.807) is 11.9 Å². The molecule has 0 aromatic carbocycles. The number of nitrogens with zero attached hydrogens (tertiary/aromatic N) is 1. The molecule has 0 aliphatic carbocycles. The number of carbonyl (C=O) groups excluding carboxylic acids is 1. The maximum absolute atomic E-state index is 11.7. The van der Waals surface area contributed by atoms with Crippen LogP contribution in [0.25, 0.3) is 0 Å². The summed E-state index contributed by atoms with van der Waals surface area (Å²) in [6.45, 7) is 2.90. The monoisotopic (exact) mass is 200 g/mol. The molecule has 1 aliphatic rings. The van der Waals surface area contributed by atoms with Gasteiger partial charge in [-0.25, -0.2) is 0 Å². The maximum atomic E-state index is 11.7. The normalized spacial score (nSPS) is 23.5. The van der Waals surface area contributed by atoms with E-state index in [2.05, 4.69) is 5.32 Å². The Morgan fingerprint density at radius 2 is 2.43 bits per heavy atom. The Balaban J connectivity index is 2.32. The zero-order valence-corrected chi connectivity index (χ0v) is 8.99. The first-order chi connectivity index (χ1) is 6.65. The molecule has 14 heavy (non-hydrogen) atoms. The predicted molar refractivity (Wildman–Crippen MR) is 55.0 cm³/mol. The van der Waals surface area contributed by atoms with Crippen molar-refractivity contribution < 1.29 is 9.90 Å². The van der Waals surface area contributed by atoms with Crippen molar-refractivity contribution in [3.05, 3.63) is 0 Å². The number of aliphatic hydroxyl groups is 1. The molecule has 2 unspecified atom stereocenters. The van der Waals surface area contributed by atoms with Crippen LogP contribution in [0, 0.1) is 0 Å². The summed E-state index contributed by atoms with van der Waals surface area (Å²) in [6, 6.07) is 0.264. The molecule has 0 radical (unpaired) electrons. The molecule has 0 saturated carbocycles. The van der Waals surface area contributed by atoms with Gasteiger partial charge in [-0.15, -0.1) is 0 Å². The zero-order chi connectivity index (χ0) is 10.6. The molecule has 4 heteroatoms. The molecule has 0 spiro atoms. The highest BCUT2D eigenvalue weighted by Crippen LogP contribution is 2.10. The van der Waals surface area contributed by atoms with Crippen LogP contribution in [0.5, 0.6) is 0 Å². The molecule has 1 heterocycles. The van der Waals surface area contributed by atoms with Gasteiger partial charge in [-0.2, -0.15) is 0 Å². The minimum Gasteiger partial charge on any atom is -0.394 e. The van der Waals surface area contributed by atoms with Crippen molar-refractivity contribution in [3.8, 4) is 0 Å². The van der Waals surface area contributed by atoms with Crippen LogP contribution in [-0.4, -0.2) is 48.2 Å². The summed E-state index contributed by atoms with van der Waals surface area (Å²) >= 11 is 0. The Kier molecular flexibility index (Phi) is 4.35. The summed E-state index contributed by atoms with van der Waals surface area (Å²) in [5.74, 6) is 0.117. The van der Waals surface area contributed by atoms with Gasteiger partial charge in [0.1, 0.15) is 0 Å². The van der Waals surface area contributed by atoms with E-state index in [-0.39, 0.29) is 18.6 Å². The molecule has 0 aromatic heterocycles. The summed E-state index contributed by atoms with van der Waals surface area (Å²) in [4.78, 5) is 13.3. The van der Waals surface area contributed by atoms with Crippen molar-refractivity contribution in [3.63, 3.8) is 0 Å². The third kappa shape index (κ3) is 2.96. The topological polar surface area (TPSA) is 52.6 Å². The molecule has 82 valence electrons. The Morgan fingerprint density at radius 3 is 2.93 bits per heavy atom. The number of rotatable bonds is 4. The number of aliphatic hydroxyl groups excluding tert-OH is 1. The minimum absolute atomic E-state index is 0.0281. The number of carbonyl (C=O) groups is 1. The van der Waals surface area contributed by atoms with Gasteiger partial charge in [0.05, 0.1) is 12.6 Å². The summed E-state index contributed by atoms with van der Waals surface area (Å²) < 4.78 is 0. The van der Waals surface area contributed by atoms with E-state index in [1.807, 2.05) is 6.92 Å². The Labute approximate surface area is 85.3 Å². The van der Waals surface area contributed by atoms with E-state index >= 15 is 0 Å². The van der Waals surface area contributed by atoms with Gasteiger partial charge in [0.15, 0.2) is 0 Å². The SMILES string of the molecule is CC(CO)N(C)C(=O)CC1CCCN1. The summed E-state index contributed by atoms with van der Waals surface area (Å²) in [6.07, 6.45) is 2.81. The second-order valence-corrected chi connectivity index (χ2v) is 4.03. The van der Waals surface area contributed by atoms with E-state index in [0.717, 1.165) is 19.4 Å². The number of hydrogen-bond acceptors (Lipinski definition) is 3. The molecule has 0 aromatic rings. The van der Waals surface area contributed by atoms with Gasteiger partial charge < -0.3 is 15.3 Å². The van der Waals surface area contributed by atoms with E-state index in [0.29, 0.717) is 12.5 Å². The average Bonchev–Trinajstić information content (AvgIpc) is 2.68. The molecule has 1 amide bonds. The van der Waals surface area contributed by atoms with Crippen molar-refractivity contribution in [2.24, 2.45) is 0 Å². The van der Waals surface area contributed by atoms with Gasteiger partial charge in [0, 0.05) is 19.5 Å². The summed E-state index contributed by atoms with van der Waals surface area (Å²) in [7, 11) is 1.75. The molecule has 0 bridgehead atoms. The van der Waals surface area contributed by atoms with Gasteiger partial charge >= 0.3 is 0 Å². The number of hydrogen-bond donors (Lipinski definition) is 2. The fourth-order valence-electron chi connectivity index (χ4n) is 1.65. The van der Waals surface area contributed by atoms with Crippen molar-refractivity contribution in [2.45, 2.75) is 38.3 Å². The van der Waals surface area contributed by atoms with E-state index in [4.69, 9.17) is 5.11 Å². The fourth-order valence-corrected chi connectivity index (χ4v) is 1.65. The van der Waals surface area contributed by atoms with Crippen LogP contribution in [0.4, 0.5) is 0 Å². The lowest BCUT2D eigenvalue weighted by Gasteiger charge is -2.24. The van der Waals surface area contributed by atoms with Crippen LogP contribution in [0.1, 0.15) is 26.2 Å². The highest BCUT2D eigenvalue weighted by Gasteiger charge is 2.21. The lowest BCUT2D eigenvalue weighted by atomic mass is 10.1. The Bertz CT molecular complexity index is 191. The van der Waals surface area contributed by atoms with Crippen LogP contribution in [0.2, 0.25) is 0 Å². The van der Waals surface area contributed by atoms with Gasteiger partial charge in [0.25, 0.3) is 0 Å². The first-order valence-corrected chi connectivity index (χ1v) is 5.25. The van der Waals surface area contributed by atoms with Crippen LogP contribution in [0.15, 0.2) is 0 Å². The molecule has 4 nitrogen and oxygen atoms in total. The minimum atomic E-state index is -0.0797. The van der Waals surface area contributed by atoms with Crippen molar-refractivity contribution in [1.82, 2.24) is 10.2 Å². The smallest absolute Gasteiger partial charge is 0.224 e. The summed E-state index contributed by atoms with van der Waals surface area (Å²) in [5.41, 5.74) is 0. The highest BCUT2D eigenvalue weighted by atomic mass is 16.3. The van der Waals surface area contributed by atoms with Crippen molar-refractivity contribution in [1.29, 1.82) is 0 Å². The average molecular weight is 200 g/mol. The molecule has 1 fully saturated rings.